The van der Waals surface area contributed by atoms with Gasteiger partial charge in [0, 0.05) is 24.6 Å². The molecule has 1 aliphatic heterocycles. The number of benzene rings is 1. The van der Waals surface area contributed by atoms with Gasteiger partial charge in [0.15, 0.2) is 0 Å². The normalized spacial score (nSPS) is 16.4. The quantitative estimate of drug-likeness (QED) is 0.886. The van der Waals surface area contributed by atoms with E-state index in [2.05, 4.69) is 15.2 Å². The fourth-order valence-electron chi connectivity index (χ4n) is 2.84. The Labute approximate surface area is 143 Å². The van der Waals surface area contributed by atoms with Crippen molar-refractivity contribution in [1.29, 1.82) is 0 Å². The van der Waals surface area contributed by atoms with E-state index in [1.54, 1.807) is 4.90 Å². The van der Waals surface area contributed by atoms with Gasteiger partial charge in [-0.2, -0.15) is 13.9 Å². The third-order valence-electron chi connectivity index (χ3n) is 4.27. The number of aromatic nitrogens is 3. The summed E-state index contributed by atoms with van der Waals surface area (Å²) >= 11 is 0. The van der Waals surface area contributed by atoms with Gasteiger partial charge in [0.2, 0.25) is 9.84 Å². The largest absolute Gasteiger partial charge is 0.341 e. The van der Waals surface area contributed by atoms with Gasteiger partial charge in [0.1, 0.15) is 12.2 Å². The average molecular weight is 370 g/mol. The van der Waals surface area contributed by atoms with Gasteiger partial charge in [-0.15, -0.1) is 0 Å². The molecule has 0 spiro atoms. The van der Waals surface area contributed by atoms with Crippen LogP contribution in [0.15, 0.2) is 35.5 Å². The highest BCUT2D eigenvalue weighted by atomic mass is 32.2. The van der Waals surface area contributed by atoms with Crippen molar-refractivity contribution in [1.82, 2.24) is 20.1 Å². The zero-order valence-corrected chi connectivity index (χ0v) is 13.9. The van der Waals surface area contributed by atoms with Crippen molar-refractivity contribution < 1.29 is 22.0 Å². The number of aromatic amines is 1. The summed E-state index contributed by atoms with van der Waals surface area (Å²) < 4.78 is 47.9. The number of carbonyl (C=O) groups is 1. The van der Waals surface area contributed by atoms with Gasteiger partial charge in [-0.25, -0.2) is 13.4 Å². The maximum atomic E-state index is 12.5. The number of halogens is 2. The van der Waals surface area contributed by atoms with Gasteiger partial charge in [-0.3, -0.25) is 9.89 Å². The lowest BCUT2D eigenvalue weighted by molar-refractivity contribution is 0.0711. The molecule has 2 aromatic rings. The highest BCUT2D eigenvalue weighted by Crippen LogP contribution is 2.26. The van der Waals surface area contributed by atoms with E-state index >= 15 is 0 Å². The predicted molar refractivity (Wildman–Crippen MR) is 83.9 cm³/mol. The first kappa shape index (κ1) is 17.5. The second kappa shape index (κ2) is 6.87. The minimum atomic E-state index is -4.65. The molecule has 1 aliphatic rings. The van der Waals surface area contributed by atoms with Gasteiger partial charge < -0.3 is 4.90 Å². The van der Waals surface area contributed by atoms with E-state index in [0.717, 1.165) is 30.8 Å². The van der Waals surface area contributed by atoms with Crippen LogP contribution < -0.4 is 0 Å². The summed E-state index contributed by atoms with van der Waals surface area (Å²) in [5.41, 5.74) is 0.270. The van der Waals surface area contributed by atoms with Crippen molar-refractivity contribution >= 4 is 15.7 Å². The first-order valence-electron chi connectivity index (χ1n) is 7.66. The van der Waals surface area contributed by atoms with E-state index in [4.69, 9.17) is 0 Å². The minimum absolute atomic E-state index is 0.213. The summed E-state index contributed by atoms with van der Waals surface area (Å²) in [5.74, 6) is -2.72. The molecule has 0 bridgehead atoms. The maximum absolute atomic E-state index is 12.5. The molecule has 0 aliphatic carbocycles. The zero-order valence-electron chi connectivity index (χ0n) is 13.1. The highest BCUT2D eigenvalue weighted by molar-refractivity contribution is 7.91. The molecular weight excluding hydrogens is 354 g/mol. The fourth-order valence-corrected chi connectivity index (χ4v) is 3.56. The van der Waals surface area contributed by atoms with Crippen LogP contribution >= 0.6 is 0 Å². The van der Waals surface area contributed by atoms with Gasteiger partial charge in [-0.1, -0.05) is 0 Å². The number of hydrogen-bond acceptors (Lipinski definition) is 5. The number of nitrogens with one attached hydrogen (secondary N) is 1. The van der Waals surface area contributed by atoms with Crippen molar-refractivity contribution in [2.75, 3.05) is 13.1 Å². The fraction of sp³-hybridized carbons (Fsp3) is 0.400. The summed E-state index contributed by atoms with van der Waals surface area (Å²) in [6.45, 7) is 1.06. The molecule has 25 heavy (non-hydrogen) atoms. The molecule has 1 amide bonds. The lowest BCUT2D eigenvalue weighted by atomic mass is 9.95. The first-order valence-corrected chi connectivity index (χ1v) is 9.21. The van der Waals surface area contributed by atoms with E-state index in [0.29, 0.717) is 13.1 Å². The number of nitrogens with zero attached hydrogens (tertiary/aromatic N) is 3. The van der Waals surface area contributed by atoms with Crippen molar-refractivity contribution in [3.63, 3.8) is 0 Å². The van der Waals surface area contributed by atoms with E-state index in [1.165, 1.54) is 18.5 Å². The van der Waals surface area contributed by atoms with Crippen LogP contribution in [0.4, 0.5) is 8.78 Å². The molecule has 0 saturated carbocycles. The Kier molecular flexibility index (Phi) is 4.80. The lowest BCUT2D eigenvalue weighted by Crippen LogP contribution is -2.38. The van der Waals surface area contributed by atoms with Gasteiger partial charge in [0.25, 0.3) is 5.91 Å². The maximum Gasteiger partial charge on any atom is 0.341 e. The zero-order chi connectivity index (χ0) is 18.0. The predicted octanol–water partition coefficient (Wildman–Crippen LogP) is 1.82. The van der Waals surface area contributed by atoms with Gasteiger partial charge in [-0.05, 0) is 37.1 Å². The summed E-state index contributed by atoms with van der Waals surface area (Å²) in [6, 6.07) is 4.60. The molecule has 0 atom stereocenters. The monoisotopic (exact) mass is 370 g/mol. The Morgan fingerprint density at radius 3 is 2.36 bits per heavy atom. The molecule has 1 aromatic heterocycles. The minimum Gasteiger partial charge on any atom is -0.339 e. The van der Waals surface area contributed by atoms with Crippen molar-refractivity contribution in [3.05, 3.63) is 42.0 Å². The topological polar surface area (TPSA) is 96.0 Å². The SMILES string of the molecule is O=C(c1ccc(S(=O)(=O)C(F)F)cc1)N1CCC(c2ncn[nH]2)CC1. The van der Waals surface area contributed by atoms with E-state index < -0.39 is 20.5 Å². The molecule has 0 unspecified atom stereocenters. The first-order chi connectivity index (χ1) is 11.9. The standard InChI is InChI=1S/C15H16F2N4O3S/c16-15(17)25(23,24)12-3-1-11(2-4-12)14(22)21-7-5-10(6-8-21)13-18-9-19-20-13/h1-4,9-10,15H,5-8H2,(H,18,19,20). The number of carbonyl (C=O) groups excluding carboxylic acids is 1. The average Bonchev–Trinajstić information content (AvgIpc) is 3.16. The molecule has 0 radical (unpaired) electrons. The second-order valence-corrected chi connectivity index (χ2v) is 7.68. The smallest absolute Gasteiger partial charge is 0.339 e. The van der Waals surface area contributed by atoms with E-state index in [-0.39, 0.29) is 17.4 Å². The Morgan fingerprint density at radius 2 is 1.84 bits per heavy atom. The number of likely N-dealkylation sites (tertiary alicyclic amines) is 1. The van der Waals surface area contributed by atoms with Crippen LogP contribution in [0.3, 0.4) is 0 Å². The summed E-state index contributed by atoms with van der Waals surface area (Å²) in [4.78, 5) is 17.8. The Morgan fingerprint density at radius 1 is 1.20 bits per heavy atom. The Balaban J connectivity index is 1.66. The third-order valence-corrected chi connectivity index (χ3v) is 5.67. The van der Waals surface area contributed by atoms with Crippen molar-refractivity contribution in [3.8, 4) is 0 Å². The molecule has 3 rings (SSSR count). The Bertz CT molecular complexity index is 830. The molecule has 2 heterocycles. The Hall–Kier alpha value is -2.36. The molecule has 1 fully saturated rings. The van der Waals surface area contributed by atoms with Crippen LogP contribution in [0, 0.1) is 0 Å². The number of alkyl halides is 2. The summed E-state index contributed by atoms with van der Waals surface area (Å²) in [6.07, 6.45) is 2.92. The molecule has 1 aromatic carbocycles. The van der Waals surface area contributed by atoms with Crippen LogP contribution in [0.1, 0.15) is 34.9 Å². The molecule has 7 nitrogen and oxygen atoms in total. The van der Waals surface area contributed by atoms with Gasteiger partial charge in [0.05, 0.1) is 4.90 Å². The second-order valence-electron chi connectivity index (χ2n) is 5.77. The number of amides is 1. The van der Waals surface area contributed by atoms with E-state index in [1.807, 2.05) is 0 Å². The van der Waals surface area contributed by atoms with Crippen molar-refractivity contribution in [2.24, 2.45) is 0 Å². The molecular formula is C15H16F2N4O3S. The molecule has 1 saturated heterocycles. The number of piperidine rings is 1. The molecule has 10 heteroatoms. The molecule has 1 N–H and O–H groups in total. The van der Waals surface area contributed by atoms with Crippen LogP contribution in [-0.4, -0.2) is 53.3 Å². The number of H-pyrrole nitrogens is 1. The number of hydrogen-bond donors (Lipinski definition) is 1. The van der Waals surface area contributed by atoms with Crippen LogP contribution in [0.25, 0.3) is 0 Å². The van der Waals surface area contributed by atoms with Crippen LogP contribution in [0.5, 0.6) is 0 Å². The van der Waals surface area contributed by atoms with Gasteiger partial charge >= 0.3 is 5.76 Å². The third kappa shape index (κ3) is 3.53. The summed E-state index contributed by atoms with van der Waals surface area (Å²) in [7, 11) is -4.65. The van der Waals surface area contributed by atoms with Crippen LogP contribution in [-0.2, 0) is 9.84 Å². The van der Waals surface area contributed by atoms with Crippen LogP contribution in [0.2, 0.25) is 0 Å². The molecule has 134 valence electrons. The van der Waals surface area contributed by atoms with E-state index in [9.17, 15) is 22.0 Å². The summed E-state index contributed by atoms with van der Waals surface area (Å²) in [5, 5.41) is 6.65. The number of rotatable bonds is 4. The highest BCUT2D eigenvalue weighted by Gasteiger charge is 2.28. The number of sulfone groups is 1. The van der Waals surface area contributed by atoms with Crippen molar-refractivity contribution in [2.45, 2.75) is 29.4 Å². The lowest BCUT2D eigenvalue weighted by Gasteiger charge is -2.31.